The van der Waals surface area contributed by atoms with E-state index in [1.54, 1.807) is 0 Å². The van der Waals surface area contributed by atoms with E-state index < -0.39 is 0 Å². The van der Waals surface area contributed by atoms with Gasteiger partial charge in [-0.1, -0.05) is 42.5 Å². The Hall–Kier alpha value is -1.61. The number of hydrogen-bond acceptors (Lipinski definition) is 3. The van der Waals surface area contributed by atoms with E-state index in [0.717, 1.165) is 6.54 Å². The Labute approximate surface area is 96.1 Å². The van der Waals surface area contributed by atoms with Gasteiger partial charge < -0.3 is 10.1 Å². The third-order valence-electron chi connectivity index (χ3n) is 2.11. The van der Waals surface area contributed by atoms with Gasteiger partial charge in [-0.3, -0.25) is 4.79 Å². The molecular weight excluding hydrogens is 202 g/mol. The molecule has 0 amide bonds. The van der Waals surface area contributed by atoms with Crippen LogP contribution in [0.25, 0.3) is 6.08 Å². The van der Waals surface area contributed by atoms with Crippen LogP contribution in [0.1, 0.15) is 12.0 Å². The van der Waals surface area contributed by atoms with E-state index in [1.165, 1.54) is 12.7 Å². The van der Waals surface area contributed by atoms with Crippen LogP contribution in [0.3, 0.4) is 0 Å². The molecular formula is C13H17NO2. The molecule has 0 unspecified atom stereocenters. The van der Waals surface area contributed by atoms with Gasteiger partial charge in [-0.25, -0.2) is 0 Å². The Balaban J connectivity index is 2.12. The average molecular weight is 219 g/mol. The fourth-order valence-corrected chi connectivity index (χ4v) is 1.24. The number of esters is 1. The molecule has 1 aromatic carbocycles. The molecule has 1 N–H and O–H groups in total. The molecule has 0 aliphatic rings. The zero-order valence-electron chi connectivity index (χ0n) is 9.48. The zero-order chi connectivity index (χ0) is 11.6. The first-order valence-corrected chi connectivity index (χ1v) is 5.32. The largest absolute Gasteiger partial charge is 0.469 e. The summed E-state index contributed by atoms with van der Waals surface area (Å²) >= 11 is 0. The molecule has 0 aliphatic heterocycles. The summed E-state index contributed by atoms with van der Waals surface area (Å²) in [7, 11) is 1.40. The van der Waals surface area contributed by atoms with Crippen LogP contribution >= 0.6 is 0 Å². The molecule has 0 heterocycles. The quantitative estimate of drug-likeness (QED) is 0.586. The Kier molecular flexibility index (Phi) is 5.96. The Morgan fingerprint density at radius 1 is 1.38 bits per heavy atom. The lowest BCUT2D eigenvalue weighted by Crippen LogP contribution is -2.18. The predicted octanol–water partition coefficient (Wildman–Crippen LogP) is 1.85. The first kappa shape index (κ1) is 12.5. The molecule has 0 aromatic heterocycles. The van der Waals surface area contributed by atoms with E-state index in [1.807, 2.05) is 42.5 Å². The highest BCUT2D eigenvalue weighted by atomic mass is 16.5. The summed E-state index contributed by atoms with van der Waals surface area (Å²) in [5, 5.41) is 3.13. The second-order valence-corrected chi connectivity index (χ2v) is 3.34. The van der Waals surface area contributed by atoms with Gasteiger partial charge in [0.2, 0.25) is 0 Å². The van der Waals surface area contributed by atoms with E-state index in [9.17, 15) is 4.79 Å². The van der Waals surface area contributed by atoms with Gasteiger partial charge in [-0.05, 0) is 5.56 Å². The predicted molar refractivity (Wildman–Crippen MR) is 65.0 cm³/mol. The van der Waals surface area contributed by atoms with Crippen LogP contribution < -0.4 is 5.32 Å². The first-order valence-electron chi connectivity index (χ1n) is 5.32. The fraction of sp³-hybridized carbons (Fsp3) is 0.308. The summed E-state index contributed by atoms with van der Waals surface area (Å²) in [5.74, 6) is -0.181. The van der Waals surface area contributed by atoms with Crippen molar-refractivity contribution in [2.75, 3.05) is 20.2 Å². The minimum atomic E-state index is -0.181. The Bertz CT molecular complexity index is 333. The minimum Gasteiger partial charge on any atom is -0.469 e. The van der Waals surface area contributed by atoms with Crippen LogP contribution in [0.5, 0.6) is 0 Å². The van der Waals surface area contributed by atoms with E-state index >= 15 is 0 Å². The lowest BCUT2D eigenvalue weighted by molar-refractivity contribution is -0.140. The van der Waals surface area contributed by atoms with E-state index in [-0.39, 0.29) is 5.97 Å². The summed E-state index contributed by atoms with van der Waals surface area (Å²) in [5.41, 5.74) is 1.18. The maximum absolute atomic E-state index is 10.8. The van der Waals surface area contributed by atoms with Crippen LogP contribution in [-0.4, -0.2) is 26.2 Å². The molecule has 0 saturated heterocycles. The zero-order valence-corrected chi connectivity index (χ0v) is 9.48. The number of benzene rings is 1. The molecule has 0 atom stereocenters. The average Bonchev–Trinajstić information content (AvgIpc) is 2.34. The van der Waals surface area contributed by atoms with Gasteiger partial charge in [0.15, 0.2) is 0 Å². The molecule has 16 heavy (non-hydrogen) atoms. The Morgan fingerprint density at radius 2 is 2.12 bits per heavy atom. The molecule has 0 bridgehead atoms. The van der Waals surface area contributed by atoms with Gasteiger partial charge in [0.05, 0.1) is 13.5 Å². The second kappa shape index (κ2) is 7.65. The maximum atomic E-state index is 10.8. The number of carbonyl (C=O) groups is 1. The number of hydrogen-bond donors (Lipinski definition) is 1. The van der Waals surface area contributed by atoms with Crippen molar-refractivity contribution in [2.24, 2.45) is 0 Å². The summed E-state index contributed by atoms with van der Waals surface area (Å²) in [6.45, 7) is 1.40. The highest BCUT2D eigenvalue weighted by molar-refractivity contribution is 5.69. The van der Waals surface area contributed by atoms with Gasteiger partial charge in [0.1, 0.15) is 0 Å². The Morgan fingerprint density at radius 3 is 2.81 bits per heavy atom. The molecule has 0 radical (unpaired) electrons. The monoisotopic (exact) mass is 219 g/mol. The van der Waals surface area contributed by atoms with Crippen molar-refractivity contribution in [3.05, 3.63) is 42.0 Å². The van der Waals surface area contributed by atoms with Gasteiger partial charge in [-0.2, -0.15) is 0 Å². The molecule has 1 rings (SSSR count). The van der Waals surface area contributed by atoms with Crippen molar-refractivity contribution >= 4 is 12.0 Å². The molecule has 0 fully saturated rings. The van der Waals surface area contributed by atoms with Crippen molar-refractivity contribution in [2.45, 2.75) is 6.42 Å². The molecule has 0 aliphatic carbocycles. The number of ether oxygens (including phenoxy) is 1. The highest BCUT2D eigenvalue weighted by Crippen LogP contribution is 1.99. The van der Waals surface area contributed by atoms with Crippen LogP contribution in [0, 0.1) is 0 Å². The van der Waals surface area contributed by atoms with Crippen molar-refractivity contribution in [3.8, 4) is 0 Å². The normalized spacial score (nSPS) is 10.6. The molecule has 3 heteroatoms. The van der Waals surface area contributed by atoms with Gasteiger partial charge in [-0.15, -0.1) is 0 Å². The molecule has 0 saturated carbocycles. The first-order chi connectivity index (χ1) is 7.83. The molecule has 0 spiro atoms. The van der Waals surface area contributed by atoms with Crippen LogP contribution in [0.4, 0.5) is 0 Å². The van der Waals surface area contributed by atoms with Crippen LogP contribution in [0.2, 0.25) is 0 Å². The van der Waals surface area contributed by atoms with Crippen LogP contribution in [-0.2, 0) is 9.53 Å². The smallest absolute Gasteiger partial charge is 0.306 e. The highest BCUT2D eigenvalue weighted by Gasteiger charge is 1.96. The van der Waals surface area contributed by atoms with Crippen molar-refractivity contribution < 1.29 is 9.53 Å². The molecule has 86 valence electrons. The van der Waals surface area contributed by atoms with E-state index in [4.69, 9.17) is 0 Å². The number of methoxy groups -OCH3 is 1. The van der Waals surface area contributed by atoms with Gasteiger partial charge in [0.25, 0.3) is 0 Å². The number of rotatable bonds is 6. The third-order valence-corrected chi connectivity index (χ3v) is 2.11. The van der Waals surface area contributed by atoms with Crippen molar-refractivity contribution in [1.82, 2.24) is 5.32 Å². The summed E-state index contributed by atoms with van der Waals surface area (Å²) < 4.78 is 4.53. The maximum Gasteiger partial charge on any atom is 0.306 e. The lowest BCUT2D eigenvalue weighted by atomic mass is 10.2. The molecule has 1 aromatic rings. The lowest BCUT2D eigenvalue weighted by Gasteiger charge is -1.99. The SMILES string of the molecule is COC(=O)CCNCC=Cc1ccccc1. The third kappa shape index (κ3) is 5.32. The molecule has 3 nitrogen and oxygen atoms in total. The second-order valence-electron chi connectivity index (χ2n) is 3.34. The summed E-state index contributed by atoms with van der Waals surface area (Å²) in [6.07, 6.45) is 4.49. The minimum absolute atomic E-state index is 0.181. The van der Waals surface area contributed by atoms with Crippen molar-refractivity contribution in [3.63, 3.8) is 0 Å². The van der Waals surface area contributed by atoms with Crippen LogP contribution in [0.15, 0.2) is 36.4 Å². The van der Waals surface area contributed by atoms with E-state index in [2.05, 4.69) is 10.1 Å². The number of carbonyl (C=O) groups excluding carboxylic acids is 1. The topological polar surface area (TPSA) is 38.3 Å². The van der Waals surface area contributed by atoms with E-state index in [0.29, 0.717) is 13.0 Å². The van der Waals surface area contributed by atoms with Gasteiger partial charge in [0, 0.05) is 13.1 Å². The van der Waals surface area contributed by atoms with Crippen molar-refractivity contribution in [1.29, 1.82) is 0 Å². The van der Waals surface area contributed by atoms with Gasteiger partial charge >= 0.3 is 5.97 Å². The number of nitrogens with one attached hydrogen (secondary N) is 1. The summed E-state index contributed by atoms with van der Waals surface area (Å²) in [4.78, 5) is 10.8. The summed E-state index contributed by atoms with van der Waals surface area (Å²) in [6, 6.07) is 10.1. The fourth-order valence-electron chi connectivity index (χ4n) is 1.24. The standard InChI is InChI=1S/C13H17NO2/c1-16-13(15)9-11-14-10-5-8-12-6-3-2-4-7-12/h2-8,14H,9-11H2,1H3.